The molecule has 0 aliphatic carbocycles. The summed E-state index contributed by atoms with van der Waals surface area (Å²) in [7, 11) is 0. The van der Waals surface area contributed by atoms with Gasteiger partial charge in [-0.25, -0.2) is 0 Å². The second-order valence-electron chi connectivity index (χ2n) is 2.95. The zero-order valence-electron chi connectivity index (χ0n) is 7.55. The van der Waals surface area contributed by atoms with E-state index in [1.54, 1.807) is 0 Å². The molecule has 13 heavy (non-hydrogen) atoms. The van der Waals surface area contributed by atoms with Crippen LogP contribution in [0.5, 0.6) is 0 Å². The summed E-state index contributed by atoms with van der Waals surface area (Å²) in [5.41, 5.74) is 1.16. The Morgan fingerprint density at radius 3 is 2.92 bits per heavy atom. The van der Waals surface area contributed by atoms with Gasteiger partial charge in [-0.15, -0.1) is 23.2 Å². The van der Waals surface area contributed by atoms with Crippen LogP contribution in [0.1, 0.15) is 12.8 Å². The molecule has 0 saturated carbocycles. The Morgan fingerprint density at radius 2 is 2.23 bits per heavy atom. The van der Waals surface area contributed by atoms with Gasteiger partial charge in [0.1, 0.15) is 0 Å². The molecule has 0 radical (unpaired) electrons. The summed E-state index contributed by atoms with van der Waals surface area (Å²) in [5.74, 6) is 1.36. The molecule has 1 aliphatic rings. The van der Waals surface area contributed by atoms with Gasteiger partial charge in [-0.05, 0) is 6.42 Å². The van der Waals surface area contributed by atoms with Crippen LogP contribution in [0.3, 0.4) is 0 Å². The Kier molecular flexibility index (Phi) is 5.25. The number of halogens is 2. The third-order valence-electron chi connectivity index (χ3n) is 1.88. The van der Waals surface area contributed by atoms with Crippen LogP contribution in [0, 0.1) is 0 Å². The van der Waals surface area contributed by atoms with Crippen molar-refractivity contribution in [3.8, 4) is 0 Å². The van der Waals surface area contributed by atoms with E-state index in [1.807, 2.05) is 12.4 Å². The van der Waals surface area contributed by atoms with Gasteiger partial charge in [0.25, 0.3) is 0 Å². The van der Waals surface area contributed by atoms with Crippen LogP contribution in [0.4, 0.5) is 0 Å². The molecule has 1 rings (SSSR count). The average Bonchev–Trinajstić information content (AvgIpc) is 2.16. The van der Waals surface area contributed by atoms with Gasteiger partial charge in [0.15, 0.2) is 0 Å². The van der Waals surface area contributed by atoms with Crippen molar-refractivity contribution in [1.82, 2.24) is 4.90 Å². The molecule has 0 spiro atoms. The lowest BCUT2D eigenvalue weighted by Gasteiger charge is -2.22. The Labute approximate surface area is 89.2 Å². The molecule has 4 heteroatoms. The van der Waals surface area contributed by atoms with E-state index >= 15 is 0 Å². The van der Waals surface area contributed by atoms with Crippen LogP contribution in [0.2, 0.25) is 0 Å². The summed E-state index contributed by atoms with van der Waals surface area (Å²) in [5, 5.41) is 0. The van der Waals surface area contributed by atoms with Gasteiger partial charge in [-0.1, -0.05) is 0 Å². The Bertz CT molecular complexity index is 202. The van der Waals surface area contributed by atoms with Gasteiger partial charge in [0.2, 0.25) is 0 Å². The summed E-state index contributed by atoms with van der Waals surface area (Å²) in [4.78, 5) is 6.47. The Hall–Kier alpha value is -0.210. The highest BCUT2D eigenvalue weighted by molar-refractivity contribution is 6.19. The predicted octanol–water partition coefficient (Wildman–Crippen LogP) is 2.47. The minimum absolute atomic E-state index is 0.649. The molecule has 0 atom stereocenters. The van der Waals surface area contributed by atoms with Crippen molar-refractivity contribution in [2.45, 2.75) is 12.8 Å². The second kappa shape index (κ2) is 6.28. The topological polar surface area (TPSA) is 15.6 Å². The van der Waals surface area contributed by atoms with Crippen molar-refractivity contribution >= 4 is 28.9 Å². The van der Waals surface area contributed by atoms with E-state index in [2.05, 4.69) is 9.89 Å². The van der Waals surface area contributed by atoms with Crippen molar-refractivity contribution < 1.29 is 0 Å². The molecular weight excluding hydrogens is 207 g/mol. The third-order valence-corrected chi connectivity index (χ3v) is 2.34. The molecule has 0 aromatic carbocycles. The second-order valence-corrected chi connectivity index (χ2v) is 3.70. The molecule has 1 aliphatic heterocycles. The van der Waals surface area contributed by atoms with Crippen molar-refractivity contribution in [2.75, 3.05) is 24.8 Å². The van der Waals surface area contributed by atoms with Gasteiger partial charge in [-0.3, -0.25) is 4.99 Å². The van der Waals surface area contributed by atoms with Gasteiger partial charge in [-0.2, -0.15) is 0 Å². The standard InChI is InChI=1S/C9H14Cl2N2/c10-3-1-6-13-7-5-12-9(8-13)2-4-11/h5,7H,1-4,6,8H2. The van der Waals surface area contributed by atoms with Crippen molar-refractivity contribution in [1.29, 1.82) is 0 Å². The van der Waals surface area contributed by atoms with Crippen LogP contribution in [-0.4, -0.2) is 35.5 Å². The molecule has 0 fully saturated rings. The van der Waals surface area contributed by atoms with Gasteiger partial charge >= 0.3 is 0 Å². The van der Waals surface area contributed by atoms with Gasteiger partial charge in [0, 0.05) is 42.8 Å². The molecule has 0 amide bonds. The largest absolute Gasteiger partial charge is 0.371 e. The van der Waals surface area contributed by atoms with E-state index in [-0.39, 0.29) is 0 Å². The van der Waals surface area contributed by atoms with Gasteiger partial charge in [0.05, 0.1) is 6.54 Å². The summed E-state index contributed by atoms with van der Waals surface area (Å²) < 4.78 is 0. The van der Waals surface area contributed by atoms with Gasteiger partial charge < -0.3 is 4.90 Å². The molecule has 2 nitrogen and oxygen atoms in total. The first-order chi connectivity index (χ1) is 6.36. The van der Waals surface area contributed by atoms with Crippen LogP contribution < -0.4 is 0 Å². The molecule has 0 saturated heterocycles. The highest BCUT2D eigenvalue weighted by atomic mass is 35.5. The molecular formula is C9H14Cl2N2. The zero-order valence-corrected chi connectivity index (χ0v) is 9.06. The highest BCUT2D eigenvalue weighted by Crippen LogP contribution is 2.04. The zero-order chi connectivity index (χ0) is 9.52. The molecule has 0 aromatic rings. The SMILES string of the molecule is ClCCCN1C=CN=C(CCCl)C1. The molecule has 0 bridgehead atoms. The lowest BCUT2D eigenvalue weighted by atomic mass is 10.2. The Balaban J connectivity index is 2.31. The van der Waals surface area contributed by atoms with Crippen LogP contribution in [-0.2, 0) is 0 Å². The normalized spacial score (nSPS) is 16.2. The van der Waals surface area contributed by atoms with E-state index in [4.69, 9.17) is 23.2 Å². The van der Waals surface area contributed by atoms with E-state index < -0.39 is 0 Å². The van der Waals surface area contributed by atoms with Crippen LogP contribution in [0.25, 0.3) is 0 Å². The summed E-state index contributed by atoms with van der Waals surface area (Å²) in [6.45, 7) is 1.90. The summed E-state index contributed by atoms with van der Waals surface area (Å²) >= 11 is 11.3. The quantitative estimate of drug-likeness (QED) is 0.651. The fourth-order valence-corrected chi connectivity index (χ4v) is 1.57. The smallest absolute Gasteiger partial charge is 0.0558 e. The maximum atomic E-state index is 5.64. The lowest BCUT2D eigenvalue weighted by Crippen LogP contribution is -2.28. The van der Waals surface area contributed by atoms with E-state index in [1.165, 1.54) is 0 Å². The average molecular weight is 221 g/mol. The van der Waals surface area contributed by atoms with Crippen molar-refractivity contribution in [2.24, 2.45) is 4.99 Å². The first kappa shape index (κ1) is 10.9. The molecule has 0 aromatic heterocycles. The first-order valence-electron chi connectivity index (χ1n) is 4.45. The predicted molar refractivity (Wildman–Crippen MR) is 58.8 cm³/mol. The number of rotatable bonds is 5. The third kappa shape index (κ3) is 4.01. The number of hydrogen-bond donors (Lipinski definition) is 0. The van der Waals surface area contributed by atoms with Crippen LogP contribution in [0.15, 0.2) is 17.4 Å². The maximum absolute atomic E-state index is 5.64. The minimum atomic E-state index is 0.649. The van der Waals surface area contributed by atoms with Crippen molar-refractivity contribution in [3.63, 3.8) is 0 Å². The van der Waals surface area contributed by atoms with Crippen molar-refractivity contribution in [3.05, 3.63) is 12.4 Å². The number of nitrogens with zero attached hydrogens (tertiary/aromatic N) is 2. The van der Waals surface area contributed by atoms with E-state index in [0.717, 1.165) is 31.6 Å². The van der Waals surface area contributed by atoms with Crippen LogP contribution >= 0.6 is 23.2 Å². The Morgan fingerprint density at radius 1 is 1.38 bits per heavy atom. The summed E-state index contributed by atoms with van der Waals surface area (Å²) in [6.07, 6.45) is 5.73. The molecule has 74 valence electrons. The molecule has 1 heterocycles. The first-order valence-corrected chi connectivity index (χ1v) is 5.52. The monoisotopic (exact) mass is 220 g/mol. The maximum Gasteiger partial charge on any atom is 0.0558 e. The van der Waals surface area contributed by atoms with E-state index in [9.17, 15) is 0 Å². The molecule has 0 unspecified atom stereocenters. The lowest BCUT2D eigenvalue weighted by molar-refractivity contribution is 0.419. The highest BCUT2D eigenvalue weighted by Gasteiger charge is 2.07. The fourth-order valence-electron chi connectivity index (χ4n) is 1.23. The van der Waals surface area contributed by atoms with E-state index in [0.29, 0.717) is 11.8 Å². The number of alkyl halides is 2. The number of aliphatic imine (C=N–C) groups is 1. The molecule has 0 N–H and O–H groups in total. The summed E-state index contributed by atoms with van der Waals surface area (Å²) in [6, 6.07) is 0. The fraction of sp³-hybridized carbons (Fsp3) is 0.667. The minimum Gasteiger partial charge on any atom is -0.371 e. The number of hydrogen-bond acceptors (Lipinski definition) is 2.